The molecule has 1 fully saturated rings. The van der Waals surface area contributed by atoms with E-state index in [0.717, 1.165) is 50.4 Å². The summed E-state index contributed by atoms with van der Waals surface area (Å²) in [6, 6.07) is 6.12. The summed E-state index contributed by atoms with van der Waals surface area (Å²) in [6.45, 7) is 9.03. The van der Waals surface area contributed by atoms with Crippen LogP contribution in [0.2, 0.25) is 0 Å². The quantitative estimate of drug-likeness (QED) is 0.816. The highest BCUT2D eigenvalue weighted by Gasteiger charge is 2.22. The maximum atomic E-state index is 5.50. The first kappa shape index (κ1) is 15.9. The maximum absolute atomic E-state index is 5.50. The number of aromatic nitrogens is 3. The van der Waals surface area contributed by atoms with Crippen molar-refractivity contribution in [2.24, 2.45) is 5.92 Å². The Morgan fingerprint density at radius 1 is 1.26 bits per heavy atom. The summed E-state index contributed by atoms with van der Waals surface area (Å²) in [4.78, 5) is 9.23. The Labute approximate surface area is 137 Å². The van der Waals surface area contributed by atoms with Gasteiger partial charge in [-0.15, -0.1) is 10.2 Å². The van der Waals surface area contributed by atoms with Gasteiger partial charge in [0.2, 0.25) is 11.8 Å². The van der Waals surface area contributed by atoms with Gasteiger partial charge >= 0.3 is 0 Å². The van der Waals surface area contributed by atoms with Gasteiger partial charge < -0.3 is 9.32 Å². The van der Waals surface area contributed by atoms with Crippen molar-refractivity contribution in [3.63, 3.8) is 0 Å². The van der Waals surface area contributed by atoms with E-state index in [1.54, 1.807) is 0 Å². The summed E-state index contributed by atoms with van der Waals surface area (Å²) in [5.41, 5.74) is 0. The third kappa shape index (κ3) is 4.28. The Kier molecular flexibility index (Phi) is 5.23. The second-order valence-corrected chi connectivity index (χ2v) is 6.16. The number of aryl methyl sites for hydroxylation is 1. The van der Waals surface area contributed by atoms with Gasteiger partial charge in [0.05, 0.1) is 6.54 Å². The SMILES string of the molecule is CCN(Cc1nnc(C)o1)CC1CCN(c2ccccn2)CC1. The van der Waals surface area contributed by atoms with Gasteiger partial charge in [-0.25, -0.2) is 4.98 Å². The lowest BCUT2D eigenvalue weighted by molar-refractivity contribution is 0.195. The van der Waals surface area contributed by atoms with Crippen LogP contribution in [0.4, 0.5) is 5.82 Å². The Morgan fingerprint density at radius 3 is 2.70 bits per heavy atom. The predicted molar refractivity (Wildman–Crippen MR) is 89.2 cm³/mol. The molecule has 124 valence electrons. The van der Waals surface area contributed by atoms with Gasteiger partial charge in [-0.2, -0.15) is 0 Å². The van der Waals surface area contributed by atoms with E-state index in [1.807, 2.05) is 19.2 Å². The zero-order valence-corrected chi connectivity index (χ0v) is 14.0. The zero-order valence-electron chi connectivity index (χ0n) is 14.0. The van der Waals surface area contributed by atoms with Crippen LogP contribution in [0.1, 0.15) is 31.5 Å². The van der Waals surface area contributed by atoms with Gasteiger partial charge in [-0.1, -0.05) is 13.0 Å². The molecular weight excluding hydrogens is 290 g/mol. The average molecular weight is 315 g/mol. The Hall–Kier alpha value is -1.95. The highest BCUT2D eigenvalue weighted by Crippen LogP contribution is 2.22. The summed E-state index contributed by atoms with van der Waals surface area (Å²) >= 11 is 0. The van der Waals surface area contributed by atoms with Crippen LogP contribution in [-0.2, 0) is 6.54 Å². The zero-order chi connectivity index (χ0) is 16.1. The van der Waals surface area contributed by atoms with E-state index >= 15 is 0 Å². The molecule has 0 bridgehead atoms. The first-order valence-corrected chi connectivity index (χ1v) is 8.42. The number of piperidine rings is 1. The number of hydrogen-bond donors (Lipinski definition) is 0. The van der Waals surface area contributed by atoms with E-state index in [-0.39, 0.29) is 0 Å². The fourth-order valence-corrected chi connectivity index (χ4v) is 3.15. The van der Waals surface area contributed by atoms with E-state index in [0.29, 0.717) is 5.89 Å². The molecule has 0 radical (unpaired) electrons. The van der Waals surface area contributed by atoms with Crippen molar-refractivity contribution in [1.29, 1.82) is 0 Å². The van der Waals surface area contributed by atoms with Crippen LogP contribution in [0, 0.1) is 12.8 Å². The standard InChI is InChI=1S/C17H25N5O/c1-3-21(13-17-20-19-14(2)23-17)12-15-7-10-22(11-8-15)16-6-4-5-9-18-16/h4-6,9,15H,3,7-8,10-13H2,1-2H3. The lowest BCUT2D eigenvalue weighted by Gasteiger charge is -2.35. The third-order valence-corrected chi connectivity index (χ3v) is 4.48. The van der Waals surface area contributed by atoms with Crippen molar-refractivity contribution >= 4 is 5.82 Å². The van der Waals surface area contributed by atoms with Crippen LogP contribution >= 0.6 is 0 Å². The van der Waals surface area contributed by atoms with Gasteiger partial charge in [-0.3, -0.25) is 4.90 Å². The topological polar surface area (TPSA) is 58.3 Å². The molecule has 0 amide bonds. The molecule has 0 unspecified atom stereocenters. The van der Waals surface area contributed by atoms with Crippen molar-refractivity contribution in [2.45, 2.75) is 33.2 Å². The van der Waals surface area contributed by atoms with Crippen molar-refractivity contribution in [1.82, 2.24) is 20.1 Å². The Balaban J connectivity index is 1.49. The molecule has 3 rings (SSSR count). The summed E-state index contributed by atoms with van der Waals surface area (Å²) in [7, 11) is 0. The number of anilines is 1. The molecule has 0 atom stereocenters. The molecule has 0 saturated carbocycles. The van der Waals surface area contributed by atoms with Crippen LogP contribution in [-0.4, -0.2) is 46.3 Å². The first-order valence-electron chi connectivity index (χ1n) is 8.42. The smallest absolute Gasteiger partial charge is 0.230 e. The summed E-state index contributed by atoms with van der Waals surface area (Å²) in [5, 5.41) is 8.01. The molecule has 6 nitrogen and oxygen atoms in total. The molecule has 2 aromatic rings. The van der Waals surface area contributed by atoms with Gasteiger partial charge in [0.15, 0.2) is 0 Å². The van der Waals surface area contributed by atoms with Crippen molar-refractivity contribution in [3.05, 3.63) is 36.2 Å². The second kappa shape index (κ2) is 7.55. The number of nitrogens with zero attached hydrogens (tertiary/aromatic N) is 5. The normalized spacial score (nSPS) is 16.2. The highest BCUT2D eigenvalue weighted by atomic mass is 16.4. The molecule has 1 saturated heterocycles. The fraction of sp³-hybridized carbons (Fsp3) is 0.588. The van der Waals surface area contributed by atoms with E-state index in [9.17, 15) is 0 Å². The van der Waals surface area contributed by atoms with Crippen LogP contribution in [0.15, 0.2) is 28.8 Å². The molecule has 1 aliphatic rings. The maximum Gasteiger partial charge on any atom is 0.230 e. The third-order valence-electron chi connectivity index (χ3n) is 4.48. The fourth-order valence-electron chi connectivity index (χ4n) is 3.15. The lowest BCUT2D eigenvalue weighted by Crippen LogP contribution is -2.39. The molecule has 0 spiro atoms. The van der Waals surface area contributed by atoms with Crippen molar-refractivity contribution in [3.8, 4) is 0 Å². The second-order valence-electron chi connectivity index (χ2n) is 6.16. The Bertz CT molecular complexity index is 592. The predicted octanol–water partition coefficient (Wildman–Crippen LogP) is 2.51. The molecule has 6 heteroatoms. The van der Waals surface area contributed by atoms with Crippen LogP contribution in [0.5, 0.6) is 0 Å². The molecule has 2 aromatic heterocycles. The van der Waals surface area contributed by atoms with Crippen molar-refractivity contribution in [2.75, 3.05) is 31.1 Å². The summed E-state index contributed by atoms with van der Waals surface area (Å²) in [6.07, 6.45) is 4.28. The van der Waals surface area contributed by atoms with E-state index < -0.39 is 0 Å². The minimum absolute atomic E-state index is 0.639. The molecular formula is C17H25N5O. The van der Waals surface area contributed by atoms with E-state index in [4.69, 9.17) is 4.42 Å². The minimum atomic E-state index is 0.639. The number of hydrogen-bond acceptors (Lipinski definition) is 6. The van der Waals surface area contributed by atoms with Crippen LogP contribution in [0.3, 0.4) is 0 Å². The van der Waals surface area contributed by atoms with Gasteiger partial charge in [0.1, 0.15) is 5.82 Å². The molecule has 0 aliphatic carbocycles. The molecule has 0 aromatic carbocycles. The molecule has 1 aliphatic heterocycles. The molecule has 23 heavy (non-hydrogen) atoms. The molecule has 3 heterocycles. The van der Waals surface area contributed by atoms with Gasteiger partial charge in [0, 0.05) is 32.8 Å². The Morgan fingerprint density at radius 2 is 2.09 bits per heavy atom. The number of pyridine rings is 1. The minimum Gasteiger partial charge on any atom is -0.424 e. The summed E-state index contributed by atoms with van der Waals surface area (Å²) in [5.74, 6) is 3.17. The van der Waals surface area contributed by atoms with Gasteiger partial charge in [0.25, 0.3) is 0 Å². The monoisotopic (exact) mass is 315 g/mol. The van der Waals surface area contributed by atoms with E-state index in [1.165, 1.54) is 12.8 Å². The summed E-state index contributed by atoms with van der Waals surface area (Å²) < 4.78 is 5.50. The van der Waals surface area contributed by atoms with Crippen LogP contribution in [0.25, 0.3) is 0 Å². The number of rotatable bonds is 6. The first-order chi connectivity index (χ1) is 11.2. The highest BCUT2D eigenvalue weighted by molar-refractivity contribution is 5.37. The lowest BCUT2D eigenvalue weighted by atomic mass is 9.96. The van der Waals surface area contributed by atoms with Crippen molar-refractivity contribution < 1.29 is 4.42 Å². The van der Waals surface area contributed by atoms with E-state index in [2.05, 4.69) is 44.0 Å². The molecule has 0 N–H and O–H groups in total. The van der Waals surface area contributed by atoms with Crippen LogP contribution < -0.4 is 4.90 Å². The average Bonchev–Trinajstić information content (AvgIpc) is 3.00. The largest absolute Gasteiger partial charge is 0.424 e. The van der Waals surface area contributed by atoms with Gasteiger partial charge in [-0.05, 0) is 37.4 Å².